The smallest absolute Gasteiger partial charge is 0.262 e. The molecule has 0 saturated carbocycles. The summed E-state index contributed by atoms with van der Waals surface area (Å²) in [6.45, 7) is 5.75. The van der Waals surface area contributed by atoms with Gasteiger partial charge in [-0.05, 0) is 50.1 Å². The number of benzene rings is 2. The number of hydrogen-bond acceptors (Lipinski definition) is 3. The number of nitrogen functional groups attached to an aromatic ring is 1. The number of anilines is 2. The Bertz CT molecular complexity index is 666. The fourth-order valence-corrected chi connectivity index (χ4v) is 2.12. The molecule has 0 aliphatic carbocycles. The summed E-state index contributed by atoms with van der Waals surface area (Å²) < 4.78 is 5.62. The van der Waals surface area contributed by atoms with E-state index in [-0.39, 0.29) is 12.5 Å². The number of carbonyl (C=O) groups excluding carboxylic acids is 1. The molecule has 0 aliphatic heterocycles. The highest BCUT2D eigenvalue weighted by atomic mass is 16.5. The van der Waals surface area contributed by atoms with Crippen LogP contribution in [0, 0.1) is 20.8 Å². The lowest BCUT2D eigenvalue weighted by atomic mass is 10.1. The number of nitrogens with one attached hydrogen (secondary N) is 1. The maximum atomic E-state index is 11.9. The van der Waals surface area contributed by atoms with E-state index in [0.717, 1.165) is 22.4 Å². The van der Waals surface area contributed by atoms with Crippen molar-refractivity contribution in [1.82, 2.24) is 0 Å². The third-order valence-electron chi connectivity index (χ3n) is 3.29. The van der Waals surface area contributed by atoms with Gasteiger partial charge in [0, 0.05) is 16.9 Å². The van der Waals surface area contributed by atoms with E-state index in [2.05, 4.69) is 5.32 Å². The lowest BCUT2D eigenvalue weighted by Crippen LogP contribution is -2.20. The zero-order valence-electron chi connectivity index (χ0n) is 12.6. The Hall–Kier alpha value is -2.49. The van der Waals surface area contributed by atoms with E-state index < -0.39 is 0 Å². The van der Waals surface area contributed by atoms with Crippen molar-refractivity contribution in [3.63, 3.8) is 0 Å². The quantitative estimate of drug-likeness (QED) is 0.847. The number of nitrogens with two attached hydrogens (primary N) is 1. The molecule has 4 nitrogen and oxygen atoms in total. The molecule has 110 valence electrons. The van der Waals surface area contributed by atoms with Gasteiger partial charge in [-0.2, -0.15) is 0 Å². The van der Waals surface area contributed by atoms with E-state index in [1.807, 2.05) is 57.2 Å². The molecule has 0 unspecified atom stereocenters. The highest BCUT2D eigenvalue weighted by molar-refractivity contribution is 5.92. The van der Waals surface area contributed by atoms with E-state index in [4.69, 9.17) is 10.5 Å². The van der Waals surface area contributed by atoms with Crippen LogP contribution in [-0.2, 0) is 4.79 Å². The lowest BCUT2D eigenvalue weighted by Gasteiger charge is -2.13. The van der Waals surface area contributed by atoms with Crippen molar-refractivity contribution in [3.8, 4) is 5.75 Å². The van der Waals surface area contributed by atoms with Gasteiger partial charge >= 0.3 is 0 Å². The summed E-state index contributed by atoms with van der Waals surface area (Å²) in [5, 5.41) is 2.81. The number of rotatable bonds is 4. The van der Waals surface area contributed by atoms with E-state index in [1.54, 1.807) is 0 Å². The van der Waals surface area contributed by atoms with Gasteiger partial charge in [-0.1, -0.05) is 18.2 Å². The predicted octanol–water partition coefficient (Wildman–Crippen LogP) is 3.21. The van der Waals surface area contributed by atoms with Crippen LogP contribution in [0.2, 0.25) is 0 Å². The Kier molecular flexibility index (Phi) is 4.48. The molecule has 0 heterocycles. The van der Waals surface area contributed by atoms with Crippen molar-refractivity contribution < 1.29 is 9.53 Å². The van der Waals surface area contributed by atoms with Crippen LogP contribution in [0.4, 0.5) is 11.4 Å². The Balaban J connectivity index is 2.00. The maximum absolute atomic E-state index is 11.9. The summed E-state index contributed by atoms with van der Waals surface area (Å²) in [5.41, 5.74) is 10.2. The summed E-state index contributed by atoms with van der Waals surface area (Å²) in [7, 11) is 0. The molecule has 21 heavy (non-hydrogen) atoms. The van der Waals surface area contributed by atoms with Crippen LogP contribution >= 0.6 is 0 Å². The molecule has 2 rings (SSSR count). The minimum atomic E-state index is -0.193. The van der Waals surface area contributed by atoms with Crippen molar-refractivity contribution in [2.75, 3.05) is 17.7 Å². The zero-order valence-corrected chi connectivity index (χ0v) is 12.6. The fourth-order valence-electron chi connectivity index (χ4n) is 2.12. The van der Waals surface area contributed by atoms with Gasteiger partial charge in [-0.3, -0.25) is 4.79 Å². The van der Waals surface area contributed by atoms with Crippen molar-refractivity contribution in [3.05, 3.63) is 53.1 Å². The predicted molar refractivity (Wildman–Crippen MR) is 85.6 cm³/mol. The molecule has 0 bridgehead atoms. The molecule has 1 amide bonds. The molecule has 2 aromatic carbocycles. The molecule has 2 aromatic rings. The third-order valence-corrected chi connectivity index (χ3v) is 3.29. The Morgan fingerprint density at radius 2 is 1.95 bits per heavy atom. The molecule has 4 heteroatoms. The summed E-state index contributed by atoms with van der Waals surface area (Å²) in [4.78, 5) is 11.9. The lowest BCUT2D eigenvalue weighted by molar-refractivity contribution is -0.118. The van der Waals surface area contributed by atoms with Gasteiger partial charge in [0.2, 0.25) is 0 Å². The van der Waals surface area contributed by atoms with Gasteiger partial charge in [-0.15, -0.1) is 0 Å². The normalized spacial score (nSPS) is 10.2. The molecular weight excluding hydrogens is 264 g/mol. The first-order chi connectivity index (χ1) is 9.97. The fraction of sp³-hybridized carbons (Fsp3) is 0.235. The van der Waals surface area contributed by atoms with Gasteiger partial charge < -0.3 is 15.8 Å². The molecule has 0 fully saturated rings. The van der Waals surface area contributed by atoms with Gasteiger partial charge in [0.1, 0.15) is 5.75 Å². The number of aryl methyl sites for hydroxylation is 2. The van der Waals surface area contributed by atoms with E-state index in [9.17, 15) is 4.79 Å². The van der Waals surface area contributed by atoms with Crippen LogP contribution in [0.15, 0.2) is 36.4 Å². The third kappa shape index (κ3) is 3.75. The highest BCUT2D eigenvalue weighted by Gasteiger charge is 2.09. The second kappa shape index (κ2) is 6.31. The standard InChI is InChI=1S/C17H20N2O2/c1-11-5-4-6-14(9-11)19-16(20)10-21-17-12(2)7-8-15(18)13(17)3/h4-9H,10,18H2,1-3H3,(H,19,20). The topological polar surface area (TPSA) is 64.3 Å². The molecule has 0 aromatic heterocycles. The number of hydrogen-bond donors (Lipinski definition) is 2. The summed E-state index contributed by atoms with van der Waals surface area (Å²) in [5.74, 6) is 0.483. The van der Waals surface area contributed by atoms with Gasteiger partial charge in [0.05, 0.1) is 0 Å². The average molecular weight is 284 g/mol. The Morgan fingerprint density at radius 1 is 1.19 bits per heavy atom. The van der Waals surface area contributed by atoms with Crippen LogP contribution in [0.3, 0.4) is 0 Å². The number of amides is 1. The monoisotopic (exact) mass is 284 g/mol. The Morgan fingerprint density at radius 3 is 2.67 bits per heavy atom. The van der Waals surface area contributed by atoms with Gasteiger partial charge in [0.15, 0.2) is 6.61 Å². The molecule has 0 saturated heterocycles. The molecular formula is C17H20N2O2. The SMILES string of the molecule is Cc1cccc(NC(=O)COc2c(C)ccc(N)c2C)c1. The first-order valence-corrected chi connectivity index (χ1v) is 6.82. The Labute approximate surface area is 124 Å². The summed E-state index contributed by atoms with van der Waals surface area (Å²) in [6, 6.07) is 11.4. The van der Waals surface area contributed by atoms with Gasteiger partial charge in [-0.25, -0.2) is 0 Å². The maximum Gasteiger partial charge on any atom is 0.262 e. The molecule has 0 radical (unpaired) electrons. The van der Waals surface area contributed by atoms with Crippen molar-refractivity contribution in [2.45, 2.75) is 20.8 Å². The highest BCUT2D eigenvalue weighted by Crippen LogP contribution is 2.27. The van der Waals surface area contributed by atoms with Crippen LogP contribution in [-0.4, -0.2) is 12.5 Å². The summed E-state index contributed by atoms with van der Waals surface area (Å²) >= 11 is 0. The van der Waals surface area contributed by atoms with Crippen LogP contribution in [0.1, 0.15) is 16.7 Å². The van der Waals surface area contributed by atoms with E-state index in [0.29, 0.717) is 11.4 Å². The van der Waals surface area contributed by atoms with Crippen LogP contribution in [0.25, 0.3) is 0 Å². The van der Waals surface area contributed by atoms with Crippen molar-refractivity contribution in [1.29, 1.82) is 0 Å². The van der Waals surface area contributed by atoms with E-state index >= 15 is 0 Å². The zero-order chi connectivity index (χ0) is 15.4. The second-order valence-corrected chi connectivity index (χ2v) is 5.13. The molecule has 3 N–H and O–H groups in total. The first kappa shape index (κ1) is 14.9. The molecule has 0 atom stereocenters. The largest absolute Gasteiger partial charge is 0.483 e. The minimum Gasteiger partial charge on any atom is -0.483 e. The summed E-state index contributed by atoms with van der Waals surface area (Å²) in [6.07, 6.45) is 0. The molecule has 0 aliphatic rings. The molecule has 0 spiro atoms. The van der Waals surface area contributed by atoms with Crippen molar-refractivity contribution >= 4 is 17.3 Å². The van der Waals surface area contributed by atoms with E-state index in [1.165, 1.54) is 0 Å². The average Bonchev–Trinajstić information content (AvgIpc) is 2.43. The van der Waals surface area contributed by atoms with Crippen LogP contribution < -0.4 is 15.8 Å². The second-order valence-electron chi connectivity index (χ2n) is 5.13. The number of ether oxygens (including phenoxy) is 1. The minimum absolute atomic E-state index is 0.0426. The van der Waals surface area contributed by atoms with Crippen molar-refractivity contribution in [2.24, 2.45) is 0 Å². The number of carbonyl (C=O) groups is 1. The van der Waals surface area contributed by atoms with Crippen LogP contribution in [0.5, 0.6) is 5.75 Å². The van der Waals surface area contributed by atoms with Gasteiger partial charge in [0.25, 0.3) is 5.91 Å². The first-order valence-electron chi connectivity index (χ1n) is 6.82.